The van der Waals surface area contributed by atoms with Gasteiger partial charge in [0, 0.05) is 247 Å². The summed E-state index contributed by atoms with van der Waals surface area (Å²) in [6.07, 6.45) is 26.4. The molecule has 0 unspecified atom stereocenters. The normalized spacial score (nSPS) is 18.6. The van der Waals surface area contributed by atoms with Gasteiger partial charge in [0.1, 0.15) is 5.82 Å². The number of piperidine rings is 2. The molecule has 5 saturated heterocycles. The van der Waals surface area contributed by atoms with Gasteiger partial charge >= 0.3 is 0 Å². The number of likely N-dealkylation sites (N-methyl/N-ethyl adjacent to an activating group) is 1. The minimum atomic E-state index is 0. The summed E-state index contributed by atoms with van der Waals surface area (Å²) in [5, 5.41) is 23.6. The molecule has 3 saturated carbocycles. The van der Waals surface area contributed by atoms with Gasteiger partial charge in [-0.25, -0.2) is 4.98 Å². The number of rotatable bonds is 32. The molecule has 30 nitrogen and oxygen atoms in total. The van der Waals surface area contributed by atoms with Crippen LogP contribution in [0.3, 0.4) is 0 Å². The SMILES string of the molecule is C.C.C.C.C.C.C.C.C.C#CCNC(=O)C(C)C.CC(C)C(=O)N(C)C1CCN(C)CC1.CC(C)C(=O)NC1CCC(N2CCN(CC3CC3)CC2)CC1.CC(C)C(=O)NC1CCC(N2CCOCC2)CC1.CC(C)C(=O)NCC(C)(C)C.CC(C)C(=O)NCCCN(C)C.CC(C)C(=O)NCCN1CCN(C)CC1.COCCN1CCC(NC(=O)C(C)C)CC1.Cc1nccn1CCNC(=O)C(C)C. The monoisotopic (exact) mass is 1990 g/mol. The van der Waals surface area contributed by atoms with Gasteiger partial charge in [0.15, 0.2) is 0 Å². The van der Waals surface area contributed by atoms with Crippen LogP contribution in [0.4, 0.5) is 0 Å². The fraction of sp³-hybridized carbons (Fsp3) is 0.873. The molecule has 1 aromatic rings. The molecule has 0 aromatic carbocycles. The molecule has 30 heteroatoms. The van der Waals surface area contributed by atoms with Gasteiger partial charge in [-0.2, -0.15) is 0 Å². The third kappa shape index (κ3) is 72.8. The number of methoxy groups -OCH3 is 1. The van der Waals surface area contributed by atoms with Gasteiger partial charge in [-0.1, -0.05) is 218 Å². The van der Waals surface area contributed by atoms with Crippen LogP contribution in [0, 0.1) is 83.9 Å². The Hall–Kier alpha value is -6.40. The van der Waals surface area contributed by atoms with Crippen molar-refractivity contribution in [3.05, 3.63) is 18.2 Å². The number of ether oxygens (including phenoxy) is 2. The van der Waals surface area contributed by atoms with Crippen molar-refractivity contribution in [1.82, 2.24) is 96.2 Å². The van der Waals surface area contributed by atoms with E-state index in [0.29, 0.717) is 43.3 Å². The summed E-state index contributed by atoms with van der Waals surface area (Å²) in [4.78, 5) is 128. The van der Waals surface area contributed by atoms with Crippen LogP contribution in [0.15, 0.2) is 12.4 Å². The highest BCUT2D eigenvalue weighted by Gasteiger charge is 2.33. The Kier molecular flexibility index (Phi) is 92.7. The van der Waals surface area contributed by atoms with Crippen LogP contribution in [-0.4, -0.2) is 356 Å². The Labute approximate surface area is 863 Å². The van der Waals surface area contributed by atoms with Crippen molar-refractivity contribution in [2.45, 2.75) is 358 Å². The van der Waals surface area contributed by atoms with Gasteiger partial charge in [-0.15, -0.1) is 6.42 Å². The summed E-state index contributed by atoms with van der Waals surface area (Å²) in [5.41, 5.74) is 0.185. The molecule has 0 bridgehead atoms. The lowest BCUT2D eigenvalue weighted by Gasteiger charge is -2.42. The Morgan fingerprint density at radius 2 is 0.800 bits per heavy atom. The Balaban J connectivity index is -0.000000197. The first-order valence-electron chi connectivity index (χ1n) is 50.4. The number of amides is 9. The highest BCUT2D eigenvalue weighted by Crippen LogP contribution is 2.31. The number of nitrogens with one attached hydrogen (secondary N) is 8. The molecule has 1 aromatic heterocycles. The number of carbonyl (C=O) groups is 9. The molecule has 9 amide bonds. The van der Waals surface area contributed by atoms with Gasteiger partial charge in [-0.3, -0.25) is 57.9 Å². The number of piperazine rings is 2. The van der Waals surface area contributed by atoms with Crippen molar-refractivity contribution in [2.75, 3.05) is 213 Å². The second kappa shape index (κ2) is 85.8. The van der Waals surface area contributed by atoms with Gasteiger partial charge in [0.05, 0.1) is 26.4 Å². The fourth-order valence-electron chi connectivity index (χ4n) is 15.2. The van der Waals surface area contributed by atoms with Crippen molar-refractivity contribution >= 4 is 53.2 Å². The summed E-state index contributed by atoms with van der Waals surface area (Å²) >= 11 is 0. The van der Waals surface area contributed by atoms with E-state index in [2.05, 4.69) is 128 Å². The number of hydrogen-bond donors (Lipinski definition) is 8. The summed E-state index contributed by atoms with van der Waals surface area (Å²) in [6, 6.07) is 3.12. The zero-order valence-corrected chi connectivity index (χ0v) is 88.1. The van der Waals surface area contributed by atoms with Crippen molar-refractivity contribution in [1.29, 1.82) is 0 Å². The van der Waals surface area contributed by atoms with Crippen LogP contribution in [0.1, 0.15) is 314 Å². The molecular weight excluding hydrogens is 1760 g/mol. The van der Waals surface area contributed by atoms with E-state index >= 15 is 0 Å². The van der Waals surface area contributed by atoms with Gasteiger partial charge < -0.3 is 86.0 Å². The average Bonchev–Trinajstić information content (AvgIpc) is 1.51. The maximum Gasteiger partial charge on any atom is 0.225 e. The van der Waals surface area contributed by atoms with E-state index in [4.69, 9.17) is 15.9 Å². The largest absolute Gasteiger partial charge is 0.383 e. The first-order valence-corrected chi connectivity index (χ1v) is 50.4. The van der Waals surface area contributed by atoms with Gasteiger partial charge in [-0.05, 0) is 162 Å². The number of hydrogen-bond acceptors (Lipinski definition) is 20. The maximum atomic E-state index is 11.8. The van der Waals surface area contributed by atoms with Gasteiger partial charge in [0.25, 0.3) is 0 Å². The molecule has 0 atom stereocenters. The second-order valence-corrected chi connectivity index (χ2v) is 41.5. The molecule has 0 radical (unpaired) electrons. The molecule has 3 aliphatic carbocycles. The standard InChI is InChI=1S/C18H33N3O.C14H26N2O2.C12H24N2O2.C11H23N3O.C11H22N2O.C10H17N3O.C9H20N2O.C9H19NO.C7H11NO.9CH4/c1-14(2)18(22)19-16-5-7-17(8-6-16)21-11-9-20(10-12-21)13-15-3-4-15;1-11(2)14(17)15-12-3-5-13(6-4-12)16-7-9-18-10-8-16;1-10(2)12(15)13-11-4-6-14(7-5-11)8-9-16-3;1-10(2)11(15)12-4-5-14-8-6-13(3)7-9-14;1-9(2)11(14)13(4)10-5-7-12(3)8-6-10;1-8(2)10(14)12-5-7-13-6-4-11-9(13)3;1-8(2)9(12)10-6-5-7-11(3)4;1-7(2)8(11)10-6-9(3,4)5;1-4-5-8-7(9)6(2)3;;;;;;;;;/h14-17H,3-13H2,1-2H3,(H,19,22);11-13H,3-10H2,1-2H3,(H,15,17);10-11H,4-9H2,1-3H3,(H,13,15);10H,4-9H2,1-3H3,(H,12,15);9-10H,5-8H2,1-4H3;4,6,8H,5,7H2,1-3H3,(H,12,14);8H,5-7H2,1-4H3,(H,10,12);7H,6H2,1-5H3,(H,10,11);1,6H,5H2,2-3H3,(H,8,9);9*1H4. The second-order valence-electron chi connectivity index (χ2n) is 41.5. The number of aryl methyl sites for hydroxylation is 1. The summed E-state index contributed by atoms with van der Waals surface area (Å²) < 4.78 is 12.5. The minimum Gasteiger partial charge on any atom is -0.383 e. The van der Waals surface area contributed by atoms with Crippen molar-refractivity contribution in [3.8, 4) is 12.3 Å². The quantitative estimate of drug-likeness (QED) is 0.0245. The maximum absolute atomic E-state index is 11.8. The summed E-state index contributed by atoms with van der Waals surface area (Å²) in [5.74, 6) is 6.53. The van der Waals surface area contributed by atoms with E-state index in [0.717, 1.165) is 207 Å². The third-order valence-corrected chi connectivity index (χ3v) is 24.7. The van der Waals surface area contributed by atoms with Gasteiger partial charge in [0.2, 0.25) is 53.2 Å². The van der Waals surface area contributed by atoms with E-state index < -0.39 is 0 Å². The molecule has 5 aliphatic heterocycles. The van der Waals surface area contributed by atoms with E-state index in [-0.39, 0.29) is 179 Å². The summed E-state index contributed by atoms with van der Waals surface area (Å²) in [7, 11) is 12.0. The predicted molar refractivity (Wildman–Crippen MR) is 596 cm³/mol. The zero-order valence-electron chi connectivity index (χ0n) is 88.1. The Morgan fingerprint density at radius 1 is 0.436 bits per heavy atom. The van der Waals surface area contributed by atoms with E-state index in [1.807, 2.05) is 168 Å². The number of nitrogens with zero attached hydrogens (tertiary/aromatic N) is 11. The molecule has 140 heavy (non-hydrogen) atoms. The van der Waals surface area contributed by atoms with Crippen molar-refractivity contribution in [3.63, 3.8) is 0 Å². The molecule has 0 spiro atoms. The number of morpholine rings is 1. The highest BCUT2D eigenvalue weighted by molar-refractivity contribution is 5.81. The predicted octanol–water partition coefficient (Wildman–Crippen LogP) is 15.2. The first-order chi connectivity index (χ1) is 61.7. The topological polar surface area (TPSA) is 315 Å². The van der Waals surface area contributed by atoms with E-state index in [9.17, 15) is 43.2 Å². The fourth-order valence-corrected chi connectivity index (χ4v) is 15.2. The highest BCUT2D eigenvalue weighted by atomic mass is 16.5. The zero-order chi connectivity index (χ0) is 98.9. The number of terminal acetylenes is 1. The molecule has 8 fully saturated rings. The molecule has 8 N–H and O–H groups in total. The third-order valence-electron chi connectivity index (χ3n) is 24.7. The van der Waals surface area contributed by atoms with Crippen molar-refractivity contribution in [2.24, 2.45) is 64.6 Å². The van der Waals surface area contributed by atoms with Crippen LogP contribution in [0.25, 0.3) is 0 Å². The minimum absolute atomic E-state index is 0. The summed E-state index contributed by atoms with van der Waals surface area (Å²) in [6.45, 7) is 69.8. The smallest absolute Gasteiger partial charge is 0.225 e. The molecule has 832 valence electrons. The van der Waals surface area contributed by atoms with Crippen LogP contribution >= 0.6 is 0 Å². The molecular formula is C110H231N19O11. The number of likely N-dealkylation sites (tertiary alicyclic amines) is 2. The number of imidazole rings is 1. The van der Waals surface area contributed by atoms with Crippen molar-refractivity contribution < 1.29 is 52.6 Å². The Morgan fingerprint density at radius 3 is 1.16 bits per heavy atom. The molecule has 6 heterocycles. The number of aromatic nitrogens is 2. The lowest BCUT2D eigenvalue weighted by molar-refractivity contribution is -0.136. The van der Waals surface area contributed by atoms with Crippen LogP contribution in [-0.2, 0) is 59.2 Å². The van der Waals surface area contributed by atoms with Crippen LogP contribution in [0.5, 0.6) is 0 Å². The first kappa shape index (κ1) is 151. The lowest BCUT2D eigenvalue weighted by atomic mass is 9.89. The average molecular weight is 2000 g/mol. The molecule has 9 rings (SSSR count). The van der Waals surface area contributed by atoms with Crippen LogP contribution in [0.2, 0.25) is 0 Å². The number of carbonyl (C=O) groups excluding carboxylic acids is 9. The molecule has 8 aliphatic rings. The lowest BCUT2D eigenvalue weighted by Crippen LogP contribution is -2.52. The van der Waals surface area contributed by atoms with Crippen LogP contribution < -0.4 is 42.5 Å². The Bertz CT molecular complexity index is 3270. The van der Waals surface area contributed by atoms with E-state index in [1.54, 1.807) is 13.3 Å². The van der Waals surface area contributed by atoms with E-state index in [1.165, 1.54) is 71.2 Å².